The summed E-state index contributed by atoms with van der Waals surface area (Å²) >= 11 is 0. The maximum absolute atomic E-state index is 13.2. The second-order valence-electron chi connectivity index (χ2n) is 11.3. The van der Waals surface area contributed by atoms with Gasteiger partial charge in [0.05, 0.1) is 25.0 Å². The molecule has 3 aromatic carbocycles. The Balaban J connectivity index is 1.21. The molecule has 216 valence electrons. The molecule has 2 aliphatic rings. The van der Waals surface area contributed by atoms with Gasteiger partial charge in [-0.1, -0.05) is 44.2 Å². The van der Waals surface area contributed by atoms with E-state index in [1.807, 2.05) is 42.5 Å². The van der Waals surface area contributed by atoms with Gasteiger partial charge in [0, 0.05) is 47.4 Å². The first kappa shape index (κ1) is 28.8. The van der Waals surface area contributed by atoms with Crippen LogP contribution in [-0.2, 0) is 10.2 Å². The van der Waals surface area contributed by atoms with E-state index in [1.165, 1.54) is 5.56 Å². The zero-order valence-electron chi connectivity index (χ0n) is 24.2. The van der Waals surface area contributed by atoms with E-state index in [1.54, 1.807) is 18.2 Å². The Morgan fingerprint density at radius 2 is 1.66 bits per heavy atom. The molecule has 7 nitrogen and oxygen atoms in total. The number of ether oxygens (including phenoxy) is 2. The molecule has 0 aromatic heterocycles. The fraction of sp³-hybridized carbons (Fsp3) is 0.412. The molecule has 5 rings (SSSR count). The highest BCUT2D eigenvalue weighted by atomic mass is 16.5. The summed E-state index contributed by atoms with van der Waals surface area (Å²) in [5.74, 6) is 0.641. The third-order valence-electron chi connectivity index (χ3n) is 8.97. The van der Waals surface area contributed by atoms with Crippen molar-refractivity contribution in [2.24, 2.45) is 0 Å². The Bertz CT molecular complexity index is 1330. The SMILES string of the molecule is CCC(CC)(CNC(=O)c1ccc(N)c(C(=N)c2ccc(OC3CCN(C4COC4)CC3)cc2)c1)c1ccccc1. The van der Waals surface area contributed by atoms with Crippen molar-refractivity contribution in [1.82, 2.24) is 10.2 Å². The molecule has 0 bridgehead atoms. The van der Waals surface area contributed by atoms with Gasteiger partial charge >= 0.3 is 0 Å². The van der Waals surface area contributed by atoms with Gasteiger partial charge in [-0.05, 0) is 73.7 Å². The Labute approximate surface area is 243 Å². The van der Waals surface area contributed by atoms with Gasteiger partial charge in [-0.25, -0.2) is 0 Å². The van der Waals surface area contributed by atoms with Crippen molar-refractivity contribution in [2.45, 2.75) is 57.1 Å². The van der Waals surface area contributed by atoms with Crippen LogP contribution in [0.4, 0.5) is 5.69 Å². The van der Waals surface area contributed by atoms with E-state index in [2.05, 4.69) is 36.2 Å². The van der Waals surface area contributed by atoms with E-state index in [4.69, 9.17) is 20.6 Å². The normalized spacial score (nSPS) is 16.6. The molecule has 2 aliphatic heterocycles. The molecule has 0 spiro atoms. The van der Waals surface area contributed by atoms with Crippen molar-refractivity contribution >= 4 is 17.3 Å². The molecular weight excluding hydrogens is 512 g/mol. The average Bonchev–Trinajstić information content (AvgIpc) is 2.99. The van der Waals surface area contributed by atoms with Crippen LogP contribution in [0.2, 0.25) is 0 Å². The van der Waals surface area contributed by atoms with Gasteiger partial charge < -0.3 is 20.5 Å². The molecule has 2 heterocycles. The first-order chi connectivity index (χ1) is 19.9. The molecule has 2 saturated heterocycles. The summed E-state index contributed by atoms with van der Waals surface area (Å²) in [4.78, 5) is 15.7. The lowest BCUT2D eigenvalue weighted by Gasteiger charge is -2.41. The predicted molar refractivity (Wildman–Crippen MR) is 164 cm³/mol. The van der Waals surface area contributed by atoms with Crippen molar-refractivity contribution in [3.63, 3.8) is 0 Å². The highest BCUT2D eigenvalue weighted by molar-refractivity contribution is 6.14. The van der Waals surface area contributed by atoms with Crippen LogP contribution in [0.3, 0.4) is 0 Å². The third-order valence-corrected chi connectivity index (χ3v) is 8.97. The molecule has 41 heavy (non-hydrogen) atoms. The van der Waals surface area contributed by atoms with Gasteiger partial charge in [0.15, 0.2) is 0 Å². The molecule has 0 saturated carbocycles. The minimum Gasteiger partial charge on any atom is -0.490 e. The molecule has 0 aliphatic carbocycles. The number of benzene rings is 3. The number of hydrogen-bond acceptors (Lipinski definition) is 6. The number of carbonyl (C=O) groups excluding carboxylic acids is 1. The number of nitrogens with one attached hydrogen (secondary N) is 2. The number of nitrogens with two attached hydrogens (primary N) is 1. The van der Waals surface area contributed by atoms with E-state index in [-0.39, 0.29) is 23.1 Å². The second-order valence-corrected chi connectivity index (χ2v) is 11.3. The van der Waals surface area contributed by atoms with Gasteiger partial charge in [-0.3, -0.25) is 15.1 Å². The topological polar surface area (TPSA) is 101 Å². The molecule has 2 fully saturated rings. The Kier molecular flexibility index (Phi) is 9.06. The van der Waals surface area contributed by atoms with E-state index >= 15 is 0 Å². The standard InChI is InChI=1S/C34H42N4O3/c1-3-34(4-2,26-8-6-5-7-9-26)23-37-33(39)25-12-15-31(35)30(20-25)32(36)24-10-13-28(14-11-24)41-29-16-18-38(19-17-29)27-21-40-22-27/h5-15,20,27,29,36H,3-4,16-19,21-23,35H2,1-2H3,(H,37,39). The number of rotatable bonds is 11. The van der Waals surface area contributed by atoms with Crippen LogP contribution in [0.5, 0.6) is 5.75 Å². The summed E-state index contributed by atoms with van der Waals surface area (Å²) in [6.45, 7) is 8.64. The fourth-order valence-electron chi connectivity index (χ4n) is 5.91. The van der Waals surface area contributed by atoms with E-state index < -0.39 is 0 Å². The van der Waals surface area contributed by atoms with Crippen LogP contribution in [0.1, 0.15) is 66.6 Å². The van der Waals surface area contributed by atoms with Crippen LogP contribution >= 0.6 is 0 Å². The average molecular weight is 555 g/mol. The number of nitrogen functional groups attached to an aromatic ring is 1. The van der Waals surface area contributed by atoms with Crippen molar-refractivity contribution in [3.8, 4) is 5.75 Å². The minimum atomic E-state index is -0.166. The maximum atomic E-state index is 13.2. The van der Waals surface area contributed by atoms with Crippen LogP contribution in [0.15, 0.2) is 72.8 Å². The summed E-state index contributed by atoms with van der Waals surface area (Å²) in [6, 6.07) is 23.7. The smallest absolute Gasteiger partial charge is 0.251 e. The Morgan fingerprint density at radius 1 is 1.00 bits per heavy atom. The summed E-state index contributed by atoms with van der Waals surface area (Å²) in [7, 11) is 0. The highest BCUT2D eigenvalue weighted by Crippen LogP contribution is 2.31. The molecule has 0 unspecified atom stereocenters. The maximum Gasteiger partial charge on any atom is 0.251 e. The first-order valence-corrected chi connectivity index (χ1v) is 14.8. The summed E-state index contributed by atoms with van der Waals surface area (Å²) < 4.78 is 11.6. The van der Waals surface area contributed by atoms with Crippen LogP contribution in [-0.4, -0.2) is 61.5 Å². The lowest BCUT2D eigenvalue weighted by atomic mass is 9.76. The molecule has 1 amide bonds. The van der Waals surface area contributed by atoms with Crippen molar-refractivity contribution in [3.05, 3.63) is 95.1 Å². The van der Waals surface area contributed by atoms with E-state index in [9.17, 15) is 4.79 Å². The largest absolute Gasteiger partial charge is 0.490 e. The van der Waals surface area contributed by atoms with Gasteiger partial charge in [0.25, 0.3) is 5.91 Å². The second kappa shape index (κ2) is 12.9. The zero-order valence-corrected chi connectivity index (χ0v) is 24.2. The molecule has 3 aromatic rings. The van der Waals surface area contributed by atoms with E-state index in [0.717, 1.165) is 63.3 Å². The number of likely N-dealkylation sites (tertiary alicyclic amines) is 1. The van der Waals surface area contributed by atoms with Crippen LogP contribution in [0, 0.1) is 5.41 Å². The zero-order chi connectivity index (χ0) is 28.8. The highest BCUT2D eigenvalue weighted by Gasteiger charge is 2.31. The van der Waals surface area contributed by atoms with Crippen molar-refractivity contribution < 1.29 is 14.3 Å². The fourth-order valence-corrected chi connectivity index (χ4v) is 5.91. The molecule has 7 heteroatoms. The number of amides is 1. The van der Waals surface area contributed by atoms with Crippen LogP contribution in [0.25, 0.3) is 0 Å². The quantitative estimate of drug-likeness (QED) is 0.217. The Morgan fingerprint density at radius 3 is 2.27 bits per heavy atom. The number of carbonyl (C=O) groups is 1. The van der Waals surface area contributed by atoms with Gasteiger partial charge in [0.1, 0.15) is 11.9 Å². The lowest BCUT2D eigenvalue weighted by Crippen LogP contribution is -2.52. The summed E-state index contributed by atoms with van der Waals surface area (Å²) in [6.07, 6.45) is 4.04. The van der Waals surface area contributed by atoms with Crippen molar-refractivity contribution in [2.75, 3.05) is 38.6 Å². The number of nitrogens with zero attached hydrogens (tertiary/aromatic N) is 1. The number of anilines is 1. The van der Waals surface area contributed by atoms with Crippen LogP contribution < -0.4 is 15.8 Å². The van der Waals surface area contributed by atoms with Gasteiger partial charge in [-0.2, -0.15) is 0 Å². The lowest BCUT2D eigenvalue weighted by molar-refractivity contribution is -0.0778. The predicted octanol–water partition coefficient (Wildman–Crippen LogP) is 5.41. The van der Waals surface area contributed by atoms with Crippen molar-refractivity contribution in [1.29, 1.82) is 5.41 Å². The summed E-state index contributed by atoms with van der Waals surface area (Å²) in [5, 5.41) is 12.0. The third kappa shape index (κ3) is 6.47. The molecule has 4 N–H and O–H groups in total. The summed E-state index contributed by atoms with van der Waals surface area (Å²) in [5.41, 5.74) is 9.88. The van der Waals surface area contributed by atoms with Gasteiger partial charge in [0.2, 0.25) is 0 Å². The molecule has 0 atom stereocenters. The molecular formula is C34H42N4O3. The Hall–Kier alpha value is -3.68. The monoisotopic (exact) mass is 554 g/mol. The molecule has 0 radical (unpaired) electrons. The minimum absolute atomic E-state index is 0.132. The van der Waals surface area contributed by atoms with E-state index in [0.29, 0.717) is 29.4 Å². The van der Waals surface area contributed by atoms with Gasteiger partial charge in [-0.15, -0.1) is 0 Å². The first-order valence-electron chi connectivity index (χ1n) is 14.8. The number of hydrogen-bond donors (Lipinski definition) is 3. The number of piperidine rings is 1.